The van der Waals surface area contributed by atoms with Crippen molar-refractivity contribution in [3.8, 4) is 6.07 Å². The van der Waals surface area contributed by atoms with Crippen LogP contribution in [0.3, 0.4) is 0 Å². The van der Waals surface area contributed by atoms with Crippen molar-refractivity contribution in [3.63, 3.8) is 0 Å². The van der Waals surface area contributed by atoms with Crippen LogP contribution in [0.1, 0.15) is 38.5 Å². The maximum absolute atomic E-state index is 12.8. The van der Waals surface area contributed by atoms with Crippen molar-refractivity contribution in [2.24, 2.45) is 0 Å². The molecule has 0 N–H and O–H groups in total. The highest BCUT2D eigenvalue weighted by Crippen LogP contribution is 2.16. The second-order valence-corrected chi connectivity index (χ2v) is 8.39. The Hall–Kier alpha value is -2.92. The quantitative estimate of drug-likeness (QED) is 0.617. The first-order valence-corrected chi connectivity index (χ1v) is 11.6. The summed E-state index contributed by atoms with van der Waals surface area (Å²) in [4.78, 5) is 45.3. The van der Waals surface area contributed by atoms with Crippen LogP contribution < -0.4 is 4.90 Å². The van der Waals surface area contributed by atoms with Gasteiger partial charge in [-0.1, -0.05) is 18.2 Å². The van der Waals surface area contributed by atoms with Crippen molar-refractivity contribution < 1.29 is 14.4 Å². The number of para-hydroxylation sites is 1. The van der Waals surface area contributed by atoms with Crippen LogP contribution in [0.5, 0.6) is 0 Å². The average Bonchev–Trinajstić information content (AvgIpc) is 2.84. The first-order chi connectivity index (χ1) is 15.6. The Labute approximate surface area is 190 Å². The number of likely N-dealkylation sites (tertiary alicyclic amines) is 1. The lowest BCUT2D eigenvalue weighted by molar-refractivity contribution is -0.136. The second-order valence-electron chi connectivity index (χ2n) is 8.39. The lowest BCUT2D eigenvalue weighted by Crippen LogP contribution is -2.52. The smallest absolute Gasteiger partial charge is 0.236 e. The molecule has 1 aromatic rings. The molecule has 172 valence electrons. The van der Waals surface area contributed by atoms with Gasteiger partial charge in [0.1, 0.15) is 0 Å². The Kier molecular flexibility index (Phi) is 9.05. The number of benzene rings is 1. The number of hydrogen-bond acceptors (Lipinski definition) is 5. The summed E-state index contributed by atoms with van der Waals surface area (Å²) in [7, 11) is 0. The maximum Gasteiger partial charge on any atom is 0.236 e. The van der Waals surface area contributed by atoms with E-state index in [0.29, 0.717) is 39.3 Å². The Bertz CT molecular complexity index is 809. The van der Waals surface area contributed by atoms with Gasteiger partial charge in [-0.05, 0) is 31.4 Å². The van der Waals surface area contributed by atoms with E-state index in [1.54, 1.807) is 9.80 Å². The van der Waals surface area contributed by atoms with Crippen molar-refractivity contribution in [1.82, 2.24) is 14.7 Å². The fourth-order valence-corrected chi connectivity index (χ4v) is 4.26. The zero-order chi connectivity index (χ0) is 22.8. The molecule has 0 spiro atoms. The average molecular weight is 440 g/mol. The predicted molar refractivity (Wildman–Crippen MR) is 122 cm³/mol. The largest absolute Gasteiger partial charge is 0.342 e. The van der Waals surface area contributed by atoms with Gasteiger partial charge in [-0.25, -0.2) is 0 Å². The summed E-state index contributed by atoms with van der Waals surface area (Å²) >= 11 is 0. The van der Waals surface area contributed by atoms with Gasteiger partial charge >= 0.3 is 0 Å². The van der Waals surface area contributed by atoms with Crippen LogP contribution in [-0.2, 0) is 14.4 Å². The highest BCUT2D eigenvalue weighted by Gasteiger charge is 2.25. The van der Waals surface area contributed by atoms with Gasteiger partial charge in [0, 0.05) is 64.3 Å². The van der Waals surface area contributed by atoms with Gasteiger partial charge in [-0.15, -0.1) is 0 Å². The summed E-state index contributed by atoms with van der Waals surface area (Å²) in [6.45, 7) is 4.98. The van der Waals surface area contributed by atoms with E-state index in [4.69, 9.17) is 5.26 Å². The number of amides is 3. The molecule has 2 saturated heterocycles. The van der Waals surface area contributed by atoms with Crippen LogP contribution >= 0.6 is 0 Å². The van der Waals surface area contributed by atoms with E-state index >= 15 is 0 Å². The molecule has 1 aromatic carbocycles. The zero-order valence-corrected chi connectivity index (χ0v) is 18.7. The first kappa shape index (κ1) is 23.7. The number of rotatable bonds is 8. The van der Waals surface area contributed by atoms with E-state index in [1.165, 1.54) is 6.42 Å². The number of anilines is 1. The Morgan fingerprint density at radius 2 is 1.50 bits per heavy atom. The number of piperazine rings is 1. The molecule has 8 heteroatoms. The highest BCUT2D eigenvalue weighted by atomic mass is 16.2. The normalized spacial score (nSPS) is 17.0. The fourth-order valence-electron chi connectivity index (χ4n) is 4.26. The van der Waals surface area contributed by atoms with Crippen molar-refractivity contribution >= 4 is 23.4 Å². The molecule has 2 aliphatic heterocycles. The first-order valence-electron chi connectivity index (χ1n) is 11.6. The van der Waals surface area contributed by atoms with Crippen LogP contribution in [0.4, 0.5) is 5.69 Å². The zero-order valence-electron chi connectivity index (χ0n) is 18.7. The number of piperidine rings is 1. The molecule has 32 heavy (non-hydrogen) atoms. The standard InChI is InChI=1S/C24H33N5O3/c25-12-7-15-29(21-8-3-1-4-9-21)23(31)11-10-22(30)28-18-16-26(17-19-28)20-24(32)27-13-5-2-6-14-27/h1,3-4,8-9H,2,5-7,10-11,13-20H2. The summed E-state index contributed by atoms with van der Waals surface area (Å²) in [5.41, 5.74) is 0.743. The Morgan fingerprint density at radius 1 is 0.844 bits per heavy atom. The molecule has 2 heterocycles. The van der Waals surface area contributed by atoms with Gasteiger partial charge in [0.15, 0.2) is 0 Å². The molecule has 0 atom stereocenters. The summed E-state index contributed by atoms with van der Waals surface area (Å²) in [6, 6.07) is 11.3. The van der Waals surface area contributed by atoms with Crippen LogP contribution in [0.25, 0.3) is 0 Å². The Balaban J connectivity index is 1.42. The van der Waals surface area contributed by atoms with E-state index in [1.807, 2.05) is 35.2 Å². The minimum absolute atomic E-state index is 0.0337. The fraction of sp³-hybridized carbons (Fsp3) is 0.583. The third-order valence-electron chi connectivity index (χ3n) is 6.16. The van der Waals surface area contributed by atoms with Crippen LogP contribution in [0, 0.1) is 11.3 Å². The molecule has 0 aromatic heterocycles. The van der Waals surface area contributed by atoms with Gasteiger partial charge in [0.05, 0.1) is 19.0 Å². The van der Waals surface area contributed by atoms with Gasteiger partial charge in [0.25, 0.3) is 0 Å². The predicted octanol–water partition coefficient (Wildman–Crippen LogP) is 1.87. The minimum Gasteiger partial charge on any atom is -0.342 e. The number of hydrogen-bond donors (Lipinski definition) is 0. The van der Waals surface area contributed by atoms with Crippen molar-refractivity contribution in [2.45, 2.75) is 38.5 Å². The van der Waals surface area contributed by atoms with Crippen molar-refractivity contribution in [1.29, 1.82) is 5.26 Å². The molecule has 3 rings (SSSR count). The summed E-state index contributed by atoms with van der Waals surface area (Å²) in [5.74, 6) is 0.00709. The van der Waals surface area contributed by atoms with E-state index in [0.717, 1.165) is 31.6 Å². The molecule has 0 aliphatic carbocycles. The summed E-state index contributed by atoms with van der Waals surface area (Å²) < 4.78 is 0. The number of carbonyl (C=O) groups excluding carboxylic acids is 3. The summed E-state index contributed by atoms with van der Waals surface area (Å²) in [5, 5.41) is 8.91. The van der Waals surface area contributed by atoms with E-state index in [9.17, 15) is 14.4 Å². The molecule has 0 radical (unpaired) electrons. The molecule has 0 bridgehead atoms. The van der Waals surface area contributed by atoms with E-state index < -0.39 is 0 Å². The number of nitriles is 1. The molecule has 3 amide bonds. The SMILES string of the molecule is N#CCCN(C(=O)CCC(=O)N1CCN(CC(=O)N2CCCCC2)CC1)c1ccccc1. The highest BCUT2D eigenvalue weighted by molar-refractivity contribution is 5.95. The van der Waals surface area contributed by atoms with Crippen molar-refractivity contribution in [3.05, 3.63) is 30.3 Å². The van der Waals surface area contributed by atoms with Crippen LogP contribution in [0.2, 0.25) is 0 Å². The molecular formula is C24H33N5O3. The lowest BCUT2D eigenvalue weighted by atomic mass is 10.1. The van der Waals surface area contributed by atoms with E-state index in [2.05, 4.69) is 11.0 Å². The van der Waals surface area contributed by atoms with Gasteiger partial charge in [0.2, 0.25) is 17.7 Å². The number of nitrogens with zero attached hydrogens (tertiary/aromatic N) is 5. The molecule has 2 aliphatic rings. The van der Waals surface area contributed by atoms with Crippen LogP contribution in [0.15, 0.2) is 30.3 Å². The minimum atomic E-state index is -0.148. The topological polar surface area (TPSA) is 88.0 Å². The van der Waals surface area contributed by atoms with Gasteiger partial charge < -0.3 is 14.7 Å². The third-order valence-corrected chi connectivity index (χ3v) is 6.16. The van der Waals surface area contributed by atoms with Gasteiger partial charge in [-0.2, -0.15) is 5.26 Å². The number of carbonyl (C=O) groups is 3. The monoisotopic (exact) mass is 439 g/mol. The molecule has 0 unspecified atom stereocenters. The molecule has 2 fully saturated rings. The molecule has 8 nitrogen and oxygen atoms in total. The van der Waals surface area contributed by atoms with E-state index in [-0.39, 0.29) is 37.0 Å². The maximum atomic E-state index is 12.8. The summed E-state index contributed by atoms with van der Waals surface area (Å²) in [6.07, 6.45) is 3.89. The van der Waals surface area contributed by atoms with Crippen LogP contribution in [-0.4, -0.2) is 84.8 Å². The third kappa shape index (κ3) is 6.79. The molecular weight excluding hydrogens is 406 g/mol. The van der Waals surface area contributed by atoms with Crippen molar-refractivity contribution in [2.75, 3.05) is 57.3 Å². The second kappa shape index (κ2) is 12.2. The van der Waals surface area contributed by atoms with Gasteiger partial charge in [-0.3, -0.25) is 19.3 Å². The Morgan fingerprint density at radius 3 is 2.16 bits per heavy atom. The molecule has 0 saturated carbocycles. The lowest BCUT2D eigenvalue weighted by Gasteiger charge is -2.36.